The fourth-order valence-electron chi connectivity index (χ4n) is 3.27. The van der Waals surface area contributed by atoms with Crippen molar-refractivity contribution in [2.75, 3.05) is 0 Å². The number of ketones is 2. The number of rotatable bonds is 6. The Morgan fingerprint density at radius 3 is 2.42 bits per heavy atom. The van der Waals surface area contributed by atoms with Crippen LogP contribution in [0.15, 0.2) is 24.0 Å². The third-order valence-corrected chi connectivity index (χ3v) is 4.90. The molecule has 1 N–H and O–H groups in total. The van der Waals surface area contributed by atoms with E-state index >= 15 is 0 Å². The van der Waals surface area contributed by atoms with Crippen LogP contribution in [0, 0.1) is 6.92 Å². The average molecular weight is 477 g/mol. The van der Waals surface area contributed by atoms with E-state index in [0.717, 1.165) is 23.1 Å². The van der Waals surface area contributed by atoms with Crippen molar-refractivity contribution >= 4 is 17.3 Å². The van der Waals surface area contributed by atoms with Gasteiger partial charge in [0.1, 0.15) is 17.1 Å². The number of Topliss-reactive ketones (excluding diaryl/α,β-unsaturated/α-hetero) is 2. The molecule has 1 unspecified atom stereocenters. The molecule has 1 aliphatic rings. The quantitative estimate of drug-likeness (QED) is 0.290. The molecule has 0 radical (unpaired) electrons. The lowest BCUT2D eigenvalue weighted by Gasteiger charge is -2.14. The van der Waals surface area contributed by atoms with E-state index in [4.69, 9.17) is 0 Å². The molecular weight excluding hydrogens is 460 g/mol. The molecule has 1 saturated carbocycles. The van der Waals surface area contributed by atoms with Crippen LogP contribution in [0.5, 0.6) is 5.75 Å². The molecule has 33 heavy (non-hydrogen) atoms. The van der Waals surface area contributed by atoms with Crippen LogP contribution in [0.3, 0.4) is 0 Å². The van der Waals surface area contributed by atoms with Crippen LogP contribution in [0.25, 0.3) is 5.76 Å². The molecular formula is C20H17F6N3O4. The van der Waals surface area contributed by atoms with Crippen LogP contribution in [-0.4, -0.2) is 44.2 Å². The van der Waals surface area contributed by atoms with E-state index in [-0.39, 0.29) is 36.3 Å². The van der Waals surface area contributed by atoms with Crippen LogP contribution in [0.1, 0.15) is 41.8 Å². The fourth-order valence-corrected chi connectivity index (χ4v) is 3.27. The van der Waals surface area contributed by atoms with Gasteiger partial charge in [0.05, 0.1) is 17.8 Å². The monoisotopic (exact) mass is 477 g/mol. The molecule has 0 amide bonds. The first-order valence-electron chi connectivity index (χ1n) is 9.58. The van der Waals surface area contributed by atoms with Crippen LogP contribution in [0.2, 0.25) is 0 Å². The second-order valence-electron chi connectivity index (χ2n) is 7.19. The number of hydrogen-bond acceptors (Lipinski definition) is 6. The zero-order chi connectivity index (χ0) is 24.5. The highest BCUT2D eigenvalue weighted by Crippen LogP contribution is 2.36. The number of alkyl halides is 6. The number of pyridine rings is 1. The van der Waals surface area contributed by atoms with Gasteiger partial charge in [0.15, 0.2) is 17.3 Å². The Labute approximate surface area is 182 Å². The van der Waals surface area contributed by atoms with Gasteiger partial charge in [-0.1, -0.05) is 0 Å². The first-order valence-corrected chi connectivity index (χ1v) is 9.58. The maximum Gasteiger partial charge on any atom is 0.435 e. The van der Waals surface area contributed by atoms with Crippen LogP contribution < -0.4 is 4.74 Å². The van der Waals surface area contributed by atoms with Crippen molar-refractivity contribution in [1.82, 2.24) is 14.8 Å². The molecule has 1 atom stereocenters. The lowest BCUT2D eigenvalue weighted by molar-refractivity contribution is -0.142. The number of carbonyl (C=O) groups excluding carboxylic acids is 2. The number of aliphatic hydroxyl groups is 1. The molecule has 178 valence electrons. The Morgan fingerprint density at radius 1 is 1.21 bits per heavy atom. The van der Waals surface area contributed by atoms with Crippen molar-refractivity contribution < 1.29 is 45.8 Å². The van der Waals surface area contributed by atoms with Crippen LogP contribution >= 0.6 is 0 Å². The summed E-state index contributed by atoms with van der Waals surface area (Å²) in [6.45, 7) is 0.895. The molecule has 2 heterocycles. The van der Waals surface area contributed by atoms with Crippen LogP contribution in [-0.2, 0) is 22.3 Å². The smallest absolute Gasteiger partial charge is 0.435 e. The Morgan fingerprint density at radius 2 is 1.85 bits per heavy atom. The molecule has 0 bridgehead atoms. The molecule has 1 aliphatic carbocycles. The van der Waals surface area contributed by atoms with Crippen molar-refractivity contribution in [2.45, 2.75) is 51.7 Å². The van der Waals surface area contributed by atoms with E-state index in [9.17, 15) is 41.0 Å². The van der Waals surface area contributed by atoms with Crippen molar-refractivity contribution in [3.63, 3.8) is 0 Å². The highest BCUT2D eigenvalue weighted by Gasteiger charge is 2.40. The van der Waals surface area contributed by atoms with Gasteiger partial charge in [0.25, 0.3) is 6.36 Å². The summed E-state index contributed by atoms with van der Waals surface area (Å²) in [5, 5.41) is 13.8. The standard InChI is InChI=1S/C20H17F6N3O4/c1-9-11(27-6-5-14(9)33-19(23)18(21)22)8-29-7-10(17(28-29)20(24,25)26)16(32)15-12(30)3-2-4-13(15)31/h5-7,18-19,32H,2-4,8H2,1H3. The molecule has 2 aromatic rings. The van der Waals surface area contributed by atoms with Gasteiger partial charge in [-0.3, -0.25) is 19.3 Å². The van der Waals surface area contributed by atoms with Gasteiger partial charge in [-0.2, -0.15) is 22.7 Å². The fraction of sp³-hybridized carbons (Fsp3) is 0.400. The van der Waals surface area contributed by atoms with Crippen molar-refractivity contribution in [3.8, 4) is 5.75 Å². The Bertz CT molecular complexity index is 1090. The van der Waals surface area contributed by atoms with E-state index in [1.807, 2.05) is 0 Å². The number of aromatic nitrogens is 3. The summed E-state index contributed by atoms with van der Waals surface area (Å²) >= 11 is 0. The molecule has 0 aromatic carbocycles. The summed E-state index contributed by atoms with van der Waals surface area (Å²) < 4.78 is 84.0. The van der Waals surface area contributed by atoms with Gasteiger partial charge < -0.3 is 9.84 Å². The average Bonchev–Trinajstić information content (AvgIpc) is 3.15. The topological polar surface area (TPSA) is 94.3 Å². The minimum absolute atomic E-state index is 0.0219. The number of allylic oxidation sites excluding steroid dienone is 1. The Balaban J connectivity index is 2.01. The summed E-state index contributed by atoms with van der Waals surface area (Å²) in [6.07, 6.45) is -9.45. The number of halogens is 6. The minimum atomic E-state index is -5.04. The molecule has 0 aliphatic heterocycles. The number of ether oxygens (including phenoxy) is 1. The van der Waals surface area contributed by atoms with Gasteiger partial charge >= 0.3 is 12.6 Å². The maximum absolute atomic E-state index is 13.6. The number of nitrogens with zero attached hydrogens (tertiary/aromatic N) is 3. The second kappa shape index (κ2) is 9.24. The zero-order valence-electron chi connectivity index (χ0n) is 17.0. The van der Waals surface area contributed by atoms with E-state index in [1.165, 1.54) is 6.92 Å². The summed E-state index contributed by atoms with van der Waals surface area (Å²) in [5.41, 5.74) is -3.02. The normalized spacial score (nSPS) is 15.8. The van der Waals surface area contributed by atoms with Gasteiger partial charge in [-0.15, -0.1) is 0 Å². The molecule has 0 spiro atoms. The third-order valence-electron chi connectivity index (χ3n) is 4.90. The first-order chi connectivity index (χ1) is 15.4. The van der Waals surface area contributed by atoms with E-state index < -0.39 is 59.7 Å². The Kier molecular flexibility index (Phi) is 6.79. The van der Waals surface area contributed by atoms with Gasteiger partial charge in [-0.05, 0) is 19.4 Å². The minimum Gasteiger partial charge on any atom is -0.506 e. The maximum atomic E-state index is 13.6. The SMILES string of the molecule is Cc1c(OC(F)C(F)F)ccnc1Cn1cc(C(O)=C2C(=O)CCCC2=O)c(C(F)(F)F)n1. The number of carbonyl (C=O) groups is 2. The predicted octanol–water partition coefficient (Wildman–Crippen LogP) is 4.18. The predicted molar refractivity (Wildman–Crippen MR) is 100 cm³/mol. The number of hydrogen-bond donors (Lipinski definition) is 1. The van der Waals surface area contributed by atoms with Crippen molar-refractivity contribution in [2.24, 2.45) is 0 Å². The first kappa shape index (κ1) is 24.3. The molecule has 3 rings (SSSR count). The van der Waals surface area contributed by atoms with E-state index in [0.29, 0.717) is 0 Å². The van der Waals surface area contributed by atoms with E-state index in [1.54, 1.807) is 0 Å². The summed E-state index contributed by atoms with van der Waals surface area (Å²) in [4.78, 5) is 28.0. The lowest BCUT2D eigenvalue weighted by Crippen LogP contribution is -2.21. The van der Waals surface area contributed by atoms with Crippen molar-refractivity contribution in [3.05, 3.63) is 46.5 Å². The van der Waals surface area contributed by atoms with E-state index in [2.05, 4.69) is 14.8 Å². The third kappa shape index (κ3) is 5.17. The van der Waals surface area contributed by atoms with Crippen LogP contribution in [0.4, 0.5) is 26.3 Å². The second-order valence-corrected chi connectivity index (χ2v) is 7.19. The molecule has 13 heteroatoms. The molecule has 0 saturated heterocycles. The Hall–Kier alpha value is -3.38. The number of aliphatic hydroxyl groups excluding tert-OH is 1. The molecule has 2 aromatic heterocycles. The largest absolute Gasteiger partial charge is 0.506 e. The highest BCUT2D eigenvalue weighted by atomic mass is 19.4. The lowest BCUT2D eigenvalue weighted by atomic mass is 9.90. The van der Waals surface area contributed by atoms with Gasteiger partial charge in [0, 0.05) is 30.8 Å². The highest BCUT2D eigenvalue weighted by molar-refractivity contribution is 6.25. The van der Waals surface area contributed by atoms with Crippen molar-refractivity contribution in [1.29, 1.82) is 0 Å². The van der Waals surface area contributed by atoms with Gasteiger partial charge in [-0.25, -0.2) is 8.78 Å². The summed E-state index contributed by atoms with van der Waals surface area (Å²) in [7, 11) is 0. The molecule has 7 nitrogen and oxygen atoms in total. The zero-order valence-corrected chi connectivity index (χ0v) is 17.0. The summed E-state index contributed by atoms with van der Waals surface area (Å²) in [6, 6.07) is 1.11. The van der Waals surface area contributed by atoms with Gasteiger partial charge in [0.2, 0.25) is 0 Å². The molecule has 1 fully saturated rings. The summed E-state index contributed by atoms with van der Waals surface area (Å²) in [5.74, 6) is -2.96.